The second-order valence-corrected chi connectivity index (χ2v) is 4.13. The summed E-state index contributed by atoms with van der Waals surface area (Å²) < 4.78 is 0.914. The Bertz CT molecular complexity index is 325. The van der Waals surface area contributed by atoms with Crippen molar-refractivity contribution >= 4 is 27.5 Å². The van der Waals surface area contributed by atoms with Crippen LogP contribution < -0.4 is 5.32 Å². The first-order valence-electron chi connectivity index (χ1n) is 4.70. The minimum Gasteiger partial charge on any atom is -0.325 e. The molecule has 1 rings (SSSR count). The fourth-order valence-corrected chi connectivity index (χ4v) is 1.39. The van der Waals surface area contributed by atoms with Gasteiger partial charge in [0.05, 0.1) is 5.69 Å². The van der Waals surface area contributed by atoms with Gasteiger partial charge in [0.25, 0.3) is 0 Å². The fraction of sp³-hybridized carbons (Fsp3) is 0.364. The number of carbonyl (C=O) groups excluding carboxylic acids is 1. The molecule has 0 bridgehead atoms. The molecule has 1 unspecified atom stereocenters. The van der Waals surface area contributed by atoms with Crippen LogP contribution in [0.3, 0.4) is 0 Å². The van der Waals surface area contributed by atoms with Gasteiger partial charge in [-0.3, -0.25) is 4.79 Å². The molecule has 0 aliphatic rings. The van der Waals surface area contributed by atoms with Gasteiger partial charge in [-0.25, -0.2) is 0 Å². The standard InChI is InChI=1S/C11H14BrNO/c1-3-8(2)11(14)13-10-7-5-4-6-9(10)12/h4-8H,3H2,1-2H3,(H,13,14). The van der Waals surface area contributed by atoms with Crippen molar-refractivity contribution in [2.24, 2.45) is 5.92 Å². The van der Waals surface area contributed by atoms with E-state index in [1.54, 1.807) is 0 Å². The van der Waals surface area contributed by atoms with Gasteiger partial charge in [-0.2, -0.15) is 0 Å². The molecule has 14 heavy (non-hydrogen) atoms. The SMILES string of the molecule is CCC(C)C(=O)Nc1ccccc1Br. The normalized spacial score (nSPS) is 12.2. The quantitative estimate of drug-likeness (QED) is 0.881. The number of nitrogens with one attached hydrogen (secondary N) is 1. The number of benzene rings is 1. The summed E-state index contributed by atoms with van der Waals surface area (Å²) in [6.45, 7) is 3.93. The Morgan fingerprint density at radius 1 is 1.50 bits per heavy atom. The molecule has 0 aliphatic carbocycles. The molecular formula is C11H14BrNO. The molecule has 0 heterocycles. The van der Waals surface area contributed by atoms with E-state index in [4.69, 9.17) is 0 Å². The summed E-state index contributed by atoms with van der Waals surface area (Å²) in [6.07, 6.45) is 0.857. The highest BCUT2D eigenvalue weighted by molar-refractivity contribution is 9.10. The number of halogens is 1. The summed E-state index contributed by atoms with van der Waals surface area (Å²) >= 11 is 3.38. The maximum Gasteiger partial charge on any atom is 0.227 e. The topological polar surface area (TPSA) is 29.1 Å². The second-order valence-electron chi connectivity index (χ2n) is 3.28. The largest absolute Gasteiger partial charge is 0.325 e. The Balaban J connectivity index is 2.70. The van der Waals surface area contributed by atoms with Crippen molar-refractivity contribution in [2.45, 2.75) is 20.3 Å². The van der Waals surface area contributed by atoms with Crippen molar-refractivity contribution < 1.29 is 4.79 Å². The van der Waals surface area contributed by atoms with E-state index >= 15 is 0 Å². The molecule has 1 amide bonds. The zero-order valence-electron chi connectivity index (χ0n) is 8.38. The third-order valence-electron chi connectivity index (χ3n) is 2.19. The molecular weight excluding hydrogens is 242 g/mol. The van der Waals surface area contributed by atoms with E-state index in [1.165, 1.54) is 0 Å². The monoisotopic (exact) mass is 255 g/mol. The molecule has 0 saturated heterocycles. The van der Waals surface area contributed by atoms with E-state index in [-0.39, 0.29) is 11.8 Å². The van der Waals surface area contributed by atoms with Crippen molar-refractivity contribution in [2.75, 3.05) is 5.32 Å². The highest BCUT2D eigenvalue weighted by atomic mass is 79.9. The summed E-state index contributed by atoms with van der Waals surface area (Å²) in [5.41, 5.74) is 0.831. The van der Waals surface area contributed by atoms with Crippen molar-refractivity contribution in [3.63, 3.8) is 0 Å². The number of hydrogen-bond acceptors (Lipinski definition) is 1. The molecule has 1 aromatic carbocycles. The van der Waals surface area contributed by atoms with Gasteiger partial charge in [-0.1, -0.05) is 26.0 Å². The van der Waals surface area contributed by atoms with E-state index in [0.29, 0.717) is 0 Å². The number of hydrogen-bond donors (Lipinski definition) is 1. The molecule has 0 aliphatic heterocycles. The molecule has 0 aromatic heterocycles. The zero-order chi connectivity index (χ0) is 10.6. The highest BCUT2D eigenvalue weighted by Gasteiger charge is 2.11. The van der Waals surface area contributed by atoms with E-state index in [9.17, 15) is 4.79 Å². The number of rotatable bonds is 3. The molecule has 76 valence electrons. The highest BCUT2D eigenvalue weighted by Crippen LogP contribution is 2.21. The summed E-state index contributed by atoms with van der Waals surface area (Å²) in [4.78, 5) is 11.6. The van der Waals surface area contributed by atoms with Gasteiger partial charge in [-0.15, -0.1) is 0 Å². The maximum absolute atomic E-state index is 11.6. The van der Waals surface area contributed by atoms with Crippen LogP contribution in [0.15, 0.2) is 28.7 Å². The lowest BCUT2D eigenvalue weighted by atomic mass is 10.1. The van der Waals surface area contributed by atoms with E-state index in [2.05, 4.69) is 21.2 Å². The van der Waals surface area contributed by atoms with Crippen molar-refractivity contribution in [1.82, 2.24) is 0 Å². The molecule has 0 radical (unpaired) electrons. The van der Waals surface area contributed by atoms with Crippen LogP contribution in [0.1, 0.15) is 20.3 Å². The summed E-state index contributed by atoms with van der Waals surface area (Å²) in [5, 5.41) is 2.88. The first kappa shape index (κ1) is 11.2. The zero-order valence-corrected chi connectivity index (χ0v) is 9.97. The molecule has 1 atom stereocenters. The molecule has 2 nitrogen and oxygen atoms in total. The molecule has 0 saturated carbocycles. The lowest BCUT2D eigenvalue weighted by Gasteiger charge is -2.10. The van der Waals surface area contributed by atoms with Crippen LogP contribution in [0.2, 0.25) is 0 Å². The van der Waals surface area contributed by atoms with Gasteiger partial charge in [0.1, 0.15) is 0 Å². The number of para-hydroxylation sites is 1. The third-order valence-corrected chi connectivity index (χ3v) is 2.88. The van der Waals surface area contributed by atoms with Gasteiger partial charge >= 0.3 is 0 Å². The van der Waals surface area contributed by atoms with Gasteiger partial charge in [0.15, 0.2) is 0 Å². The third kappa shape index (κ3) is 2.84. The molecule has 3 heteroatoms. The van der Waals surface area contributed by atoms with Gasteiger partial charge in [0, 0.05) is 10.4 Å². The van der Waals surface area contributed by atoms with Gasteiger partial charge in [0.2, 0.25) is 5.91 Å². The lowest BCUT2D eigenvalue weighted by Crippen LogP contribution is -2.19. The van der Waals surface area contributed by atoms with Crippen LogP contribution in [0.5, 0.6) is 0 Å². The number of amides is 1. The number of anilines is 1. The summed E-state index contributed by atoms with van der Waals surface area (Å²) in [6, 6.07) is 7.61. The molecule has 1 N–H and O–H groups in total. The average Bonchev–Trinajstić information content (AvgIpc) is 2.20. The van der Waals surface area contributed by atoms with Crippen LogP contribution in [0.25, 0.3) is 0 Å². The van der Waals surface area contributed by atoms with Crippen molar-refractivity contribution in [3.05, 3.63) is 28.7 Å². The van der Waals surface area contributed by atoms with Crippen LogP contribution in [0.4, 0.5) is 5.69 Å². The lowest BCUT2D eigenvalue weighted by molar-refractivity contribution is -0.119. The van der Waals surface area contributed by atoms with Gasteiger partial charge < -0.3 is 5.32 Å². The van der Waals surface area contributed by atoms with E-state index in [0.717, 1.165) is 16.6 Å². The van der Waals surface area contributed by atoms with Crippen molar-refractivity contribution in [1.29, 1.82) is 0 Å². The van der Waals surface area contributed by atoms with Crippen LogP contribution in [-0.2, 0) is 4.79 Å². The first-order chi connectivity index (χ1) is 6.65. The molecule has 1 aromatic rings. The van der Waals surface area contributed by atoms with Crippen LogP contribution in [-0.4, -0.2) is 5.91 Å². The van der Waals surface area contributed by atoms with Gasteiger partial charge in [-0.05, 0) is 34.5 Å². The number of carbonyl (C=O) groups is 1. The Morgan fingerprint density at radius 3 is 2.71 bits per heavy atom. The minimum atomic E-state index is 0.0575. The molecule has 0 spiro atoms. The predicted octanol–water partition coefficient (Wildman–Crippen LogP) is 3.43. The maximum atomic E-state index is 11.6. The summed E-state index contributed by atoms with van der Waals surface area (Å²) in [5.74, 6) is 0.126. The smallest absolute Gasteiger partial charge is 0.227 e. The van der Waals surface area contributed by atoms with E-state index in [1.807, 2.05) is 38.1 Å². The Labute approximate surface area is 92.8 Å². The first-order valence-corrected chi connectivity index (χ1v) is 5.49. The molecule has 0 fully saturated rings. The average molecular weight is 256 g/mol. The Morgan fingerprint density at radius 2 is 2.14 bits per heavy atom. The minimum absolute atomic E-state index is 0.0575. The Hall–Kier alpha value is -0.830. The second kappa shape index (κ2) is 5.15. The fourth-order valence-electron chi connectivity index (χ4n) is 1.00. The predicted molar refractivity (Wildman–Crippen MR) is 62.2 cm³/mol. The Kier molecular flexibility index (Phi) is 4.14. The van der Waals surface area contributed by atoms with E-state index < -0.39 is 0 Å². The van der Waals surface area contributed by atoms with Crippen LogP contribution >= 0.6 is 15.9 Å². The van der Waals surface area contributed by atoms with Crippen molar-refractivity contribution in [3.8, 4) is 0 Å². The summed E-state index contributed by atoms with van der Waals surface area (Å²) in [7, 11) is 0. The van der Waals surface area contributed by atoms with Crippen LogP contribution in [0, 0.1) is 5.92 Å².